The molecule has 0 heterocycles. The molecule has 0 saturated carbocycles. The average molecular weight is 339 g/mol. The van der Waals surface area contributed by atoms with Crippen LogP contribution < -0.4 is 15.1 Å². The number of rotatable bonds is 5. The van der Waals surface area contributed by atoms with Crippen LogP contribution in [0.3, 0.4) is 0 Å². The molecule has 0 saturated heterocycles. The molecule has 0 aliphatic carbocycles. The molecule has 0 aliphatic rings. The Hall–Kier alpha value is -2.82. The van der Waals surface area contributed by atoms with Crippen LogP contribution in [0.5, 0.6) is 0 Å². The highest BCUT2D eigenvalue weighted by molar-refractivity contribution is 6.02. The fraction of sp³-hybridized carbons (Fsp3) is 0.300. The topological polar surface area (TPSA) is 52.7 Å². The van der Waals surface area contributed by atoms with Crippen molar-refractivity contribution in [1.29, 1.82) is 0 Å². The van der Waals surface area contributed by atoms with Crippen LogP contribution in [0.4, 0.5) is 17.1 Å². The van der Waals surface area contributed by atoms with Gasteiger partial charge in [0.1, 0.15) is 6.54 Å². The van der Waals surface area contributed by atoms with Gasteiger partial charge in [-0.2, -0.15) is 0 Å². The number of hydrogen-bond donors (Lipinski definition) is 1. The van der Waals surface area contributed by atoms with Crippen molar-refractivity contribution in [3.63, 3.8) is 0 Å². The van der Waals surface area contributed by atoms with Gasteiger partial charge in [-0.25, -0.2) is 0 Å². The molecule has 0 radical (unpaired) electrons. The predicted molar refractivity (Wildman–Crippen MR) is 103 cm³/mol. The summed E-state index contributed by atoms with van der Waals surface area (Å²) >= 11 is 0. The number of hydrogen-bond acceptors (Lipinski definition) is 3. The summed E-state index contributed by atoms with van der Waals surface area (Å²) in [5.74, 6) is -0.388. The third kappa shape index (κ3) is 4.83. The smallest absolute Gasteiger partial charge is 0.244 e. The van der Waals surface area contributed by atoms with Crippen molar-refractivity contribution in [1.82, 2.24) is 0 Å². The quantitative estimate of drug-likeness (QED) is 0.909. The summed E-state index contributed by atoms with van der Waals surface area (Å²) in [4.78, 5) is 28.0. The zero-order chi connectivity index (χ0) is 18.6. The molecule has 0 bridgehead atoms. The molecule has 0 unspecified atom stereocenters. The van der Waals surface area contributed by atoms with E-state index in [1.165, 1.54) is 11.8 Å². The summed E-state index contributed by atoms with van der Waals surface area (Å²) in [6, 6.07) is 13.4. The Bertz CT molecular complexity index is 767. The Labute approximate surface area is 149 Å². The SMILES string of the molecule is CC(=O)N(CC(=O)Nc1ccc(N(C)C)cc1)c1cc(C)ccc1C. The van der Waals surface area contributed by atoms with Gasteiger partial charge in [0.05, 0.1) is 0 Å². The lowest BCUT2D eigenvalue weighted by Gasteiger charge is -2.23. The van der Waals surface area contributed by atoms with E-state index in [-0.39, 0.29) is 18.4 Å². The van der Waals surface area contributed by atoms with Gasteiger partial charge >= 0.3 is 0 Å². The predicted octanol–water partition coefficient (Wildman–Crippen LogP) is 3.36. The summed E-state index contributed by atoms with van der Waals surface area (Å²) in [5.41, 5.74) is 4.54. The second-order valence-corrected chi connectivity index (χ2v) is 6.38. The van der Waals surface area contributed by atoms with E-state index in [9.17, 15) is 9.59 Å². The summed E-state index contributed by atoms with van der Waals surface area (Å²) in [7, 11) is 3.92. The fourth-order valence-electron chi connectivity index (χ4n) is 2.56. The first-order chi connectivity index (χ1) is 11.8. The molecule has 2 amide bonds. The third-order valence-corrected chi connectivity index (χ3v) is 4.00. The first-order valence-electron chi connectivity index (χ1n) is 8.20. The molecule has 0 atom stereocenters. The molecule has 0 spiro atoms. The molecular formula is C20H25N3O2. The number of amides is 2. The molecular weight excluding hydrogens is 314 g/mol. The van der Waals surface area contributed by atoms with Gasteiger partial charge in [-0.05, 0) is 55.3 Å². The van der Waals surface area contributed by atoms with Crippen LogP contribution in [-0.2, 0) is 9.59 Å². The molecule has 5 heteroatoms. The number of carbonyl (C=O) groups is 2. The molecule has 5 nitrogen and oxygen atoms in total. The van der Waals surface area contributed by atoms with E-state index in [1.807, 2.05) is 75.3 Å². The highest BCUT2D eigenvalue weighted by atomic mass is 16.2. The molecule has 0 fully saturated rings. The van der Waals surface area contributed by atoms with Crippen molar-refractivity contribution in [2.45, 2.75) is 20.8 Å². The Kier molecular flexibility index (Phi) is 5.80. The molecule has 25 heavy (non-hydrogen) atoms. The maximum atomic E-state index is 12.4. The van der Waals surface area contributed by atoms with E-state index in [0.717, 1.165) is 22.5 Å². The summed E-state index contributed by atoms with van der Waals surface area (Å²) < 4.78 is 0. The van der Waals surface area contributed by atoms with Gasteiger partial charge in [-0.15, -0.1) is 0 Å². The van der Waals surface area contributed by atoms with Crippen LogP contribution in [0, 0.1) is 13.8 Å². The van der Waals surface area contributed by atoms with Crippen LogP contribution in [0.15, 0.2) is 42.5 Å². The summed E-state index contributed by atoms with van der Waals surface area (Å²) in [6.45, 7) is 5.35. The van der Waals surface area contributed by atoms with Gasteiger partial charge in [0.25, 0.3) is 0 Å². The summed E-state index contributed by atoms with van der Waals surface area (Å²) in [5, 5.41) is 2.85. The van der Waals surface area contributed by atoms with Gasteiger partial charge in [0, 0.05) is 38.1 Å². The minimum Gasteiger partial charge on any atom is -0.378 e. The molecule has 1 N–H and O–H groups in total. The van der Waals surface area contributed by atoms with E-state index in [1.54, 1.807) is 0 Å². The number of benzene rings is 2. The van der Waals surface area contributed by atoms with Crippen molar-refractivity contribution in [2.24, 2.45) is 0 Å². The van der Waals surface area contributed by atoms with E-state index in [0.29, 0.717) is 5.69 Å². The zero-order valence-electron chi connectivity index (χ0n) is 15.5. The minimum atomic E-state index is -0.228. The molecule has 2 rings (SSSR count). The second kappa shape index (κ2) is 7.83. The van der Waals surface area contributed by atoms with Crippen molar-refractivity contribution in [2.75, 3.05) is 35.8 Å². The largest absolute Gasteiger partial charge is 0.378 e. The minimum absolute atomic E-state index is 0.0188. The molecule has 0 aromatic heterocycles. The van der Waals surface area contributed by atoms with Gasteiger partial charge in [0.2, 0.25) is 11.8 Å². The number of aryl methyl sites for hydroxylation is 2. The van der Waals surface area contributed by atoms with Gasteiger partial charge < -0.3 is 15.1 Å². The number of nitrogens with zero attached hydrogens (tertiary/aromatic N) is 2. The molecule has 2 aromatic rings. The van der Waals surface area contributed by atoms with Crippen LogP contribution in [0.25, 0.3) is 0 Å². The Balaban J connectivity index is 2.13. The van der Waals surface area contributed by atoms with E-state index < -0.39 is 0 Å². The van der Waals surface area contributed by atoms with Crippen molar-refractivity contribution >= 4 is 28.9 Å². The third-order valence-electron chi connectivity index (χ3n) is 4.00. The first-order valence-corrected chi connectivity index (χ1v) is 8.20. The lowest BCUT2D eigenvalue weighted by Crippen LogP contribution is -2.37. The molecule has 132 valence electrons. The monoisotopic (exact) mass is 339 g/mol. The van der Waals surface area contributed by atoms with Gasteiger partial charge in [0.15, 0.2) is 0 Å². The average Bonchev–Trinajstić information content (AvgIpc) is 2.55. The maximum Gasteiger partial charge on any atom is 0.244 e. The molecule has 0 aliphatic heterocycles. The van der Waals surface area contributed by atoms with Crippen molar-refractivity contribution in [3.8, 4) is 0 Å². The van der Waals surface area contributed by atoms with Crippen LogP contribution >= 0.6 is 0 Å². The van der Waals surface area contributed by atoms with Gasteiger partial charge in [-0.1, -0.05) is 12.1 Å². The Morgan fingerprint density at radius 2 is 1.64 bits per heavy atom. The molecule has 2 aromatic carbocycles. The highest BCUT2D eigenvalue weighted by Crippen LogP contribution is 2.22. The van der Waals surface area contributed by atoms with Crippen LogP contribution in [0.1, 0.15) is 18.1 Å². The Morgan fingerprint density at radius 3 is 2.20 bits per heavy atom. The first kappa shape index (κ1) is 18.5. The standard InChI is InChI=1S/C20H25N3O2/c1-14-6-7-15(2)19(12-14)23(16(3)24)13-20(25)21-17-8-10-18(11-9-17)22(4)5/h6-12H,13H2,1-5H3,(H,21,25). The Morgan fingerprint density at radius 1 is 1.00 bits per heavy atom. The van der Waals surface area contributed by atoms with Crippen molar-refractivity contribution < 1.29 is 9.59 Å². The van der Waals surface area contributed by atoms with Crippen LogP contribution in [0.2, 0.25) is 0 Å². The van der Waals surface area contributed by atoms with Crippen molar-refractivity contribution in [3.05, 3.63) is 53.6 Å². The maximum absolute atomic E-state index is 12.4. The van der Waals surface area contributed by atoms with E-state index in [4.69, 9.17) is 0 Å². The van der Waals surface area contributed by atoms with E-state index in [2.05, 4.69) is 5.32 Å². The van der Waals surface area contributed by atoms with Gasteiger partial charge in [-0.3, -0.25) is 9.59 Å². The normalized spacial score (nSPS) is 10.3. The highest BCUT2D eigenvalue weighted by Gasteiger charge is 2.18. The number of anilines is 3. The van der Waals surface area contributed by atoms with E-state index >= 15 is 0 Å². The number of nitrogens with one attached hydrogen (secondary N) is 1. The van der Waals surface area contributed by atoms with Crippen LogP contribution in [-0.4, -0.2) is 32.5 Å². The second-order valence-electron chi connectivity index (χ2n) is 6.38. The number of carbonyl (C=O) groups excluding carboxylic acids is 2. The lowest BCUT2D eigenvalue weighted by molar-refractivity contribution is -0.120. The fourth-order valence-corrected chi connectivity index (χ4v) is 2.56. The zero-order valence-corrected chi connectivity index (χ0v) is 15.5. The summed E-state index contributed by atoms with van der Waals surface area (Å²) in [6.07, 6.45) is 0. The lowest BCUT2D eigenvalue weighted by atomic mass is 10.1.